The van der Waals surface area contributed by atoms with Crippen LogP contribution in [-0.2, 0) is 12.8 Å². The van der Waals surface area contributed by atoms with Gasteiger partial charge in [0, 0.05) is 11.8 Å². The van der Waals surface area contributed by atoms with Gasteiger partial charge >= 0.3 is 0 Å². The van der Waals surface area contributed by atoms with Crippen LogP contribution in [0.3, 0.4) is 0 Å². The minimum Gasteiger partial charge on any atom is -0.317 e. The van der Waals surface area contributed by atoms with Gasteiger partial charge in [0.1, 0.15) is 0 Å². The molecule has 0 aliphatic carbocycles. The maximum absolute atomic E-state index is 4.74. The third-order valence-corrected chi connectivity index (χ3v) is 4.06. The van der Waals surface area contributed by atoms with Gasteiger partial charge < -0.3 is 5.32 Å². The molecule has 0 atom stereocenters. The highest BCUT2D eigenvalue weighted by Gasteiger charge is 2.15. The number of thiazole rings is 1. The van der Waals surface area contributed by atoms with Crippen LogP contribution in [0.5, 0.6) is 0 Å². The van der Waals surface area contributed by atoms with Crippen LogP contribution in [0.2, 0.25) is 0 Å². The molecule has 0 radical (unpaired) electrons. The first-order valence-electron chi connectivity index (χ1n) is 6.38. The maximum Gasteiger partial charge on any atom is 0.0931 e. The van der Waals surface area contributed by atoms with Crippen molar-refractivity contribution in [3.05, 3.63) is 16.1 Å². The lowest BCUT2D eigenvalue weighted by Gasteiger charge is -2.21. The number of nitrogens with zero attached hydrogens (tertiary/aromatic N) is 1. The zero-order chi connectivity index (χ0) is 11.4. The van der Waals surface area contributed by atoms with Crippen LogP contribution in [0.4, 0.5) is 0 Å². The van der Waals surface area contributed by atoms with Crippen molar-refractivity contribution < 1.29 is 0 Å². The fourth-order valence-electron chi connectivity index (χ4n) is 2.29. The molecule has 0 saturated carbocycles. The summed E-state index contributed by atoms with van der Waals surface area (Å²) < 4.78 is 0. The molecule has 1 aromatic heterocycles. The quantitative estimate of drug-likeness (QED) is 0.872. The Kier molecular flexibility index (Phi) is 4.36. The molecular weight excluding hydrogens is 216 g/mol. The lowest BCUT2D eigenvalue weighted by molar-refractivity contribution is 0.372. The van der Waals surface area contributed by atoms with Crippen molar-refractivity contribution in [3.63, 3.8) is 0 Å². The van der Waals surface area contributed by atoms with E-state index in [1.807, 2.05) is 11.3 Å². The molecule has 0 bridgehead atoms. The Morgan fingerprint density at radius 1 is 1.44 bits per heavy atom. The van der Waals surface area contributed by atoms with Gasteiger partial charge in [-0.1, -0.05) is 13.8 Å². The van der Waals surface area contributed by atoms with Crippen LogP contribution in [0.25, 0.3) is 0 Å². The van der Waals surface area contributed by atoms with E-state index in [9.17, 15) is 0 Å². The normalized spacial score (nSPS) is 18.2. The van der Waals surface area contributed by atoms with Gasteiger partial charge in [-0.05, 0) is 44.2 Å². The minimum atomic E-state index is 0.717. The zero-order valence-electron chi connectivity index (χ0n) is 10.3. The van der Waals surface area contributed by atoms with Crippen molar-refractivity contribution in [1.29, 1.82) is 0 Å². The molecule has 2 nitrogen and oxygen atoms in total. The van der Waals surface area contributed by atoms with Gasteiger partial charge in [-0.15, -0.1) is 11.3 Å². The predicted molar refractivity (Wildman–Crippen MR) is 70.0 cm³/mol. The van der Waals surface area contributed by atoms with Gasteiger partial charge in [0.25, 0.3) is 0 Å². The average Bonchev–Trinajstić information content (AvgIpc) is 2.66. The number of hydrogen-bond donors (Lipinski definition) is 1. The Morgan fingerprint density at radius 2 is 2.19 bits per heavy atom. The molecule has 16 heavy (non-hydrogen) atoms. The summed E-state index contributed by atoms with van der Waals surface area (Å²) in [6.07, 6.45) is 4.96. The standard InChI is InChI=1S/C13H22N2S/c1-10(2)7-12-9-16-13(15-12)8-11-3-5-14-6-4-11/h9-11,14H,3-8H2,1-2H3. The molecule has 1 aliphatic heterocycles. The van der Waals surface area contributed by atoms with Crippen LogP contribution in [0.15, 0.2) is 5.38 Å². The van der Waals surface area contributed by atoms with Crippen molar-refractivity contribution in [1.82, 2.24) is 10.3 Å². The van der Waals surface area contributed by atoms with E-state index in [4.69, 9.17) is 4.98 Å². The van der Waals surface area contributed by atoms with Crippen LogP contribution >= 0.6 is 11.3 Å². The Bertz CT molecular complexity index is 313. The van der Waals surface area contributed by atoms with Gasteiger partial charge in [0.2, 0.25) is 0 Å². The van der Waals surface area contributed by atoms with Gasteiger partial charge in [-0.25, -0.2) is 4.98 Å². The van der Waals surface area contributed by atoms with Crippen LogP contribution in [-0.4, -0.2) is 18.1 Å². The lowest BCUT2D eigenvalue weighted by Crippen LogP contribution is -2.28. The molecule has 2 rings (SSSR count). The summed E-state index contributed by atoms with van der Waals surface area (Å²) >= 11 is 1.85. The Balaban J connectivity index is 1.86. The fraction of sp³-hybridized carbons (Fsp3) is 0.769. The molecule has 1 N–H and O–H groups in total. The van der Waals surface area contributed by atoms with Gasteiger partial charge in [0.15, 0.2) is 0 Å². The van der Waals surface area contributed by atoms with Crippen molar-refractivity contribution in [3.8, 4) is 0 Å². The molecule has 0 unspecified atom stereocenters. The van der Waals surface area contributed by atoms with E-state index in [0.717, 1.165) is 12.3 Å². The molecule has 0 spiro atoms. The Labute approximate surface area is 102 Å². The second-order valence-electron chi connectivity index (χ2n) is 5.23. The predicted octanol–water partition coefficient (Wildman–Crippen LogP) is 2.88. The summed E-state index contributed by atoms with van der Waals surface area (Å²) in [5, 5.41) is 7.01. The van der Waals surface area contributed by atoms with E-state index in [2.05, 4.69) is 24.5 Å². The smallest absolute Gasteiger partial charge is 0.0931 e. The van der Waals surface area contributed by atoms with Crippen LogP contribution in [0.1, 0.15) is 37.4 Å². The fourth-order valence-corrected chi connectivity index (χ4v) is 3.21. The SMILES string of the molecule is CC(C)Cc1csc(CC2CCNCC2)n1. The van der Waals surface area contributed by atoms with Crippen LogP contribution in [0, 0.1) is 11.8 Å². The second kappa shape index (κ2) is 5.78. The zero-order valence-corrected chi connectivity index (χ0v) is 11.1. The molecule has 1 aromatic rings. The average molecular weight is 238 g/mol. The number of piperidine rings is 1. The second-order valence-corrected chi connectivity index (χ2v) is 6.17. The van der Waals surface area contributed by atoms with Gasteiger partial charge in [0.05, 0.1) is 10.7 Å². The Hall–Kier alpha value is -0.410. The van der Waals surface area contributed by atoms with E-state index in [0.29, 0.717) is 5.92 Å². The first-order valence-corrected chi connectivity index (χ1v) is 7.26. The van der Waals surface area contributed by atoms with Gasteiger partial charge in [-0.2, -0.15) is 0 Å². The van der Waals surface area contributed by atoms with E-state index in [1.165, 1.54) is 43.1 Å². The molecular formula is C13H22N2S. The number of aromatic nitrogens is 1. The third kappa shape index (κ3) is 3.56. The number of nitrogens with one attached hydrogen (secondary N) is 1. The van der Waals surface area contributed by atoms with E-state index >= 15 is 0 Å². The lowest BCUT2D eigenvalue weighted by atomic mass is 9.95. The van der Waals surface area contributed by atoms with Crippen molar-refractivity contribution >= 4 is 11.3 Å². The monoisotopic (exact) mass is 238 g/mol. The summed E-state index contributed by atoms with van der Waals surface area (Å²) in [5.74, 6) is 1.58. The van der Waals surface area contributed by atoms with Crippen molar-refractivity contribution in [2.45, 2.75) is 39.5 Å². The molecule has 1 fully saturated rings. The molecule has 0 amide bonds. The molecule has 2 heterocycles. The van der Waals surface area contributed by atoms with E-state index in [-0.39, 0.29) is 0 Å². The van der Waals surface area contributed by atoms with E-state index < -0.39 is 0 Å². The molecule has 90 valence electrons. The van der Waals surface area contributed by atoms with Crippen molar-refractivity contribution in [2.75, 3.05) is 13.1 Å². The van der Waals surface area contributed by atoms with Gasteiger partial charge in [-0.3, -0.25) is 0 Å². The minimum absolute atomic E-state index is 0.717. The summed E-state index contributed by atoms with van der Waals surface area (Å²) in [5.41, 5.74) is 1.30. The highest BCUT2D eigenvalue weighted by atomic mass is 32.1. The number of rotatable bonds is 4. The van der Waals surface area contributed by atoms with E-state index in [1.54, 1.807) is 0 Å². The molecule has 0 aromatic carbocycles. The third-order valence-electron chi connectivity index (χ3n) is 3.14. The summed E-state index contributed by atoms with van der Waals surface area (Å²) in [7, 11) is 0. The Morgan fingerprint density at radius 3 is 2.88 bits per heavy atom. The highest BCUT2D eigenvalue weighted by Crippen LogP contribution is 2.21. The highest BCUT2D eigenvalue weighted by molar-refractivity contribution is 7.09. The molecule has 3 heteroatoms. The first-order chi connectivity index (χ1) is 7.74. The van der Waals surface area contributed by atoms with Crippen molar-refractivity contribution in [2.24, 2.45) is 11.8 Å². The summed E-state index contributed by atoms with van der Waals surface area (Å²) in [6.45, 7) is 6.89. The summed E-state index contributed by atoms with van der Waals surface area (Å²) in [6, 6.07) is 0. The number of hydrogen-bond acceptors (Lipinski definition) is 3. The topological polar surface area (TPSA) is 24.9 Å². The molecule has 1 aliphatic rings. The largest absolute Gasteiger partial charge is 0.317 e. The maximum atomic E-state index is 4.74. The van der Waals surface area contributed by atoms with Crippen LogP contribution < -0.4 is 5.32 Å². The summed E-state index contributed by atoms with van der Waals surface area (Å²) in [4.78, 5) is 4.74. The first kappa shape index (κ1) is 12.1. The molecule has 1 saturated heterocycles.